The number of benzene rings is 2. The van der Waals surface area contributed by atoms with Crippen molar-refractivity contribution < 1.29 is 38.1 Å². The van der Waals surface area contributed by atoms with Gasteiger partial charge in [0.1, 0.15) is 18.7 Å². The third-order valence-electron chi connectivity index (χ3n) is 8.87. The summed E-state index contributed by atoms with van der Waals surface area (Å²) in [5, 5.41) is 3.01. The van der Waals surface area contributed by atoms with E-state index >= 15 is 0 Å². The molecule has 49 heavy (non-hydrogen) atoms. The maximum Gasteiger partial charge on any atom is 0.347 e. The summed E-state index contributed by atoms with van der Waals surface area (Å²) in [7, 11) is 3.21. The van der Waals surface area contributed by atoms with Crippen LogP contribution >= 0.6 is 0 Å². The number of carbonyl (C=O) groups is 4. The van der Waals surface area contributed by atoms with Crippen LogP contribution in [0.4, 0.5) is 0 Å². The van der Waals surface area contributed by atoms with E-state index in [0.717, 1.165) is 37.2 Å². The molecule has 0 saturated carbocycles. The molecule has 0 unspecified atom stereocenters. The van der Waals surface area contributed by atoms with E-state index in [1.807, 2.05) is 58.0 Å². The number of hydrogen-bond acceptors (Lipinski definition) is 9. The molecule has 1 aliphatic heterocycles. The highest BCUT2D eigenvalue weighted by Crippen LogP contribution is 2.27. The van der Waals surface area contributed by atoms with E-state index in [1.165, 1.54) is 24.4 Å². The largest absolute Gasteiger partial charge is 0.458 e. The molecule has 1 heterocycles. The number of likely N-dealkylation sites (N-methyl/N-ethyl adjacent to an activating group) is 2. The van der Waals surface area contributed by atoms with Crippen molar-refractivity contribution in [3.8, 4) is 0 Å². The van der Waals surface area contributed by atoms with E-state index in [4.69, 9.17) is 18.9 Å². The fraction of sp³-hybridized carbons (Fsp3) is 0.590. The first kappa shape index (κ1) is 39.7. The summed E-state index contributed by atoms with van der Waals surface area (Å²) < 4.78 is 22.3. The minimum absolute atomic E-state index is 0.0168. The second-order valence-corrected chi connectivity index (χ2v) is 13.8. The lowest BCUT2D eigenvalue weighted by Crippen LogP contribution is -2.51. The normalized spacial score (nSPS) is 16.0. The molecule has 1 fully saturated rings. The Morgan fingerprint density at radius 2 is 1.45 bits per heavy atom. The summed E-state index contributed by atoms with van der Waals surface area (Å²) >= 11 is 0. The highest BCUT2D eigenvalue weighted by molar-refractivity contribution is 5.89. The van der Waals surface area contributed by atoms with E-state index in [2.05, 4.69) is 29.6 Å². The van der Waals surface area contributed by atoms with Gasteiger partial charge in [0.05, 0.1) is 0 Å². The maximum absolute atomic E-state index is 14.1. The van der Waals surface area contributed by atoms with Gasteiger partial charge in [0.2, 0.25) is 0 Å². The van der Waals surface area contributed by atoms with Crippen molar-refractivity contribution >= 4 is 23.8 Å². The zero-order valence-corrected chi connectivity index (χ0v) is 30.3. The Morgan fingerprint density at radius 1 is 0.816 bits per heavy atom. The zero-order chi connectivity index (χ0) is 35.9. The molecule has 4 atom stereocenters. The van der Waals surface area contributed by atoms with Gasteiger partial charge >= 0.3 is 17.9 Å². The van der Waals surface area contributed by atoms with Crippen LogP contribution in [-0.4, -0.2) is 80.3 Å². The fourth-order valence-corrected chi connectivity index (χ4v) is 5.93. The molecular weight excluding hydrogens is 624 g/mol. The van der Waals surface area contributed by atoms with E-state index in [0.29, 0.717) is 18.8 Å². The van der Waals surface area contributed by atoms with Gasteiger partial charge in [-0.05, 0) is 86.9 Å². The number of nitrogens with one attached hydrogen (secondary N) is 1. The molecule has 0 radical (unpaired) electrons. The summed E-state index contributed by atoms with van der Waals surface area (Å²) in [4.78, 5) is 55.0. The summed E-state index contributed by atoms with van der Waals surface area (Å²) in [5.74, 6) is -1.73. The van der Waals surface area contributed by atoms with Gasteiger partial charge < -0.3 is 29.2 Å². The minimum Gasteiger partial charge on any atom is -0.458 e. The molecular formula is C39H56N2O8. The van der Waals surface area contributed by atoms with Gasteiger partial charge in [-0.1, -0.05) is 82.3 Å². The monoisotopic (exact) mass is 680 g/mol. The third-order valence-corrected chi connectivity index (χ3v) is 8.87. The fourth-order valence-electron chi connectivity index (χ4n) is 5.93. The Balaban J connectivity index is 1.74. The molecule has 3 rings (SSSR count). The van der Waals surface area contributed by atoms with Crippen molar-refractivity contribution in [2.24, 2.45) is 11.8 Å². The van der Waals surface area contributed by atoms with Crippen LogP contribution in [0.25, 0.3) is 0 Å². The Hall–Kier alpha value is -3.76. The average Bonchev–Trinajstić information content (AvgIpc) is 3.10. The number of ether oxygens (including phenoxy) is 4. The van der Waals surface area contributed by atoms with E-state index in [9.17, 15) is 19.2 Å². The lowest BCUT2D eigenvalue weighted by atomic mass is 9.90. The lowest BCUT2D eigenvalue weighted by Gasteiger charge is -2.32. The van der Waals surface area contributed by atoms with Crippen molar-refractivity contribution in [2.45, 2.75) is 110 Å². The van der Waals surface area contributed by atoms with Gasteiger partial charge in [0, 0.05) is 20.3 Å². The predicted octanol–water partition coefficient (Wildman–Crippen LogP) is 5.61. The molecule has 10 nitrogen and oxygen atoms in total. The van der Waals surface area contributed by atoms with Crippen molar-refractivity contribution in [3.63, 3.8) is 0 Å². The van der Waals surface area contributed by atoms with Gasteiger partial charge in [0.15, 0.2) is 12.2 Å². The van der Waals surface area contributed by atoms with Gasteiger partial charge in [-0.15, -0.1) is 0 Å². The first-order valence-corrected chi connectivity index (χ1v) is 17.6. The Morgan fingerprint density at radius 3 is 2.04 bits per heavy atom. The Labute approximate surface area is 292 Å². The molecule has 0 bridgehead atoms. The summed E-state index contributed by atoms with van der Waals surface area (Å²) in [6, 6.07) is 16.0. The number of nitrogens with zero attached hydrogens (tertiary/aromatic N) is 1. The lowest BCUT2D eigenvalue weighted by molar-refractivity contribution is -0.174. The van der Waals surface area contributed by atoms with Crippen molar-refractivity contribution in [2.75, 3.05) is 27.3 Å². The molecule has 1 N–H and O–H groups in total. The molecule has 0 aliphatic carbocycles. The molecule has 2 aromatic rings. The molecule has 2 aromatic carbocycles. The summed E-state index contributed by atoms with van der Waals surface area (Å²) in [6.07, 6.45) is 1.22. The summed E-state index contributed by atoms with van der Waals surface area (Å²) in [5.41, 5.74) is 3.09. The Bertz CT molecular complexity index is 1320. The molecule has 270 valence electrons. The highest BCUT2D eigenvalue weighted by atomic mass is 16.6. The van der Waals surface area contributed by atoms with E-state index < -0.39 is 48.1 Å². The minimum atomic E-state index is -1.18. The van der Waals surface area contributed by atoms with Crippen molar-refractivity contribution in [3.05, 3.63) is 71.3 Å². The van der Waals surface area contributed by atoms with Gasteiger partial charge in [-0.3, -0.25) is 9.59 Å². The number of esters is 3. The molecule has 1 saturated heterocycles. The summed E-state index contributed by atoms with van der Waals surface area (Å²) in [6.45, 7) is 10.9. The quantitative estimate of drug-likeness (QED) is 0.158. The van der Waals surface area contributed by atoms with Crippen molar-refractivity contribution in [1.82, 2.24) is 10.2 Å². The Kier molecular flexibility index (Phi) is 16.2. The number of carbonyl (C=O) groups excluding carboxylic acids is 4. The number of rotatable bonds is 18. The predicted molar refractivity (Wildman–Crippen MR) is 188 cm³/mol. The van der Waals surface area contributed by atoms with Gasteiger partial charge in [-0.25, -0.2) is 9.59 Å². The number of amides is 1. The molecule has 0 aromatic heterocycles. The smallest absolute Gasteiger partial charge is 0.347 e. The van der Waals surface area contributed by atoms with Crippen LogP contribution < -0.4 is 5.32 Å². The third kappa shape index (κ3) is 12.9. The van der Waals surface area contributed by atoms with Crippen molar-refractivity contribution in [1.29, 1.82) is 0 Å². The van der Waals surface area contributed by atoms with Crippen LogP contribution in [0, 0.1) is 11.8 Å². The maximum atomic E-state index is 14.1. The molecule has 0 spiro atoms. The molecule has 1 amide bonds. The van der Waals surface area contributed by atoms with Crippen LogP contribution in [0.5, 0.6) is 0 Å². The standard InChI is InChI=1S/C39H56N2O8/c1-26(2)23-33(40-6)38(44)49-35(18-15-29-13-16-31(17-14-29)32-19-21-46-22-20-32)36(42)41(7)34(24-27(3)4)39(45)48-28(5)37(43)47-25-30-11-9-8-10-12-30/h8-14,16-17,26-28,32-35,40H,15,18-25H2,1-7H3/t28-,33+,34+,35-/m1/s1. The van der Waals surface area contributed by atoms with Crippen LogP contribution in [-0.2, 0) is 51.2 Å². The van der Waals surface area contributed by atoms with E-state index in [1.54, 1.807) is 7.05 Å². The SMILES string of the molecule is CN[C@@H](CC(C)C)C(=O)O[C@H](CCc1ccc(C2CCOCC2)cc1)C(=O)N(C)[C@@H](CC(C)C)C(=O)O[C@H](C)C(=O)OCc1ccccc1. The highest BCUT2D eigenvalue weighted by Gasteiger charge is 2.37. The van der Waals surface area contributed by atoms with Crippen LogP contribution in [0.15, 0.2) is 54.6 Å². The van der Waals surface area contributed by atoms with E-state index in [-0.39, 0.29) is 31.3 Å². The second kappa shape index (κ2) is 20.0. The number of hydrogen-bond donors (Lipinski definition) is 1. The van der Waals surface area contributed by atoms with Gasteiger partial charge in [-0.2, -0.15) is 0 Å². The second-order valence-electron chi connectivity index (χ2n) is 13.8. The van der Waals surface area contributed by atoms with Gasteiger partial charge in [0.25, 0.3) is 5.91 Å². The number of aryl methyl sites for hydroxylation is 1. The molecule has 10 heteroatoms. The van der Waals surface area contributed by atoms with Crippen LogP contribution in [0.2, 0.25) is 0 Å². The average molecular weight is 681 g/mol. The van der Waals surface area contributed by atoms with Crippen LogP contribution in [0.1, 0.15) is 89.3 Å². The van der Waals surface area contributed by atoms with Crippen LogP contribution in [0.3, 0.4) is 0 Å². The topological polar surface area (TPSA) is 120 Å². The zero-order valence-electron chi connectivity index (χ0n) is 30.3. The first-order chi connectivity index (χ1) is 23.4. The first-order valence-electron chi connectivity index (χ1n) is 17.6. The molecule has 1 aliphatic rings.